The van der Waals surface area contributed by atoms with Crippen LogP contribution in [0.25, 0.3) is 0 Å². The monoisotopic (exact) mass is 266 g/mol. The summed E-state index contributed by atoms with van der Waals surface area (Å²) in [7, 11) is 5.47. The molecule has 0 radical (unpaired) electrons. The van der Waals surface area contributed by atoms with E-state index in [2.05, 4.69) is 37.2 Å². The number of nitrogens with zero attached hydrogens (tertiary/aromatic N) is 1. The van der Waals surface area contributed by atoms with E-state index in [1.54, 1.807) is 14.2 Å². The van der Waals surface area contributed by atoms with Gasteiger partial charge in [0, 0.05) is 37.3 Å². The van der Waals surface area contributed by atoms with Crippen LogP contribution >= 0.6 is 0 Å². The van der Waals surface area contributed by atoms with E-state index in [4.69, 9.17) is 9.47 Å². The number of rotatable bonds is 8. The largest absolute Gasteiger partial charge is 0.497 e. The lowest BCUT2D eigenvalue weighted by Crippen LogP contribution is -2.32. The van der Waals surface area contributed by atoms with Gasteiger partial charge in [-0.2, -0.15) is 0 Å². The predicted octanol–water partition coefficient (Wildman–Crippen LogP) is 2.13. The molecule has 108 valence electrons. The molecule has 0 saturated carbocycles. The SMILES string of the molecule is COc1ccc(CN(C)CCNC(C)C)c(OC)c1. The summed E-state index contributed by atoms with van der Waals surface area (Å²) < 4.78 is 10.6. The zero-order chi connectivity index (χ0) is 14.3. The number of hydrogen-bond acceptors (Lipinski definition) is 4. The molecule has 0 aromatic heterocycles. The van der Waals surface area contributed by atoms with Crippen LogP contribution in [0.4, 0.5) is 0 Å². The molecule has 0 atom stereocenters. The summed E-state index contributed by atoms with van der Waals surface area (Å²) in [6.07, 6.45) is 0. The molecule has 0 aliphatic rings. The van der Waals surface area contributed by atoms with Gasteiger partial charge in [0.15, 0.2) is 0 Å². The van der Waals surface area contributed by atoms with Gasteiger partial charge in [-0.05, 0) is 13.1 Å². The first-order valence-electron chi connectivity index (χ1n) is 6.69. The predicted molar refractivity (Wildman–Crippen MR) is 79.0 cm³/mol. The van der Waals surface area contributed by atoms with Crippen molar-refractivity contribution in [3.63, 3.8) is 0 Å². The fraction of sp³-hybridized carbons (Fsp3) is 0.600. The highest BCUT2D eigenvalue weighted by molar-refractivity contribution is 5.40. The quantitative estimate of drug-likeness (QED) is 0.781. The summed E-state index contributed by atoms with van der Waals surface area (Å²) in [4.78, 5) is 2.28. The highest BCUT2D eigenvalue weighted by Gasteiger charge is 2.08. The second-order valence-electron chi connectivity index (χ2n) is 5.02. The second-order valence-corrected chi connectivity index (χ2v) is 5.02. The van der Waals surface area contributed by atoms with Crippen molar-refractivity contribution in [3.05, 3.63) is 23.8 Å². The van der Waals surface area contributed by atoms with E-state index in [0.717, 1.165) is 31.1 Å². The first kappa shape index (κ1) is 15.8. The van der Waals surface area contributed by atoms with E-state index in [0.29, 0.717) is 6.04 Å². The standard InChI is InChI=1S/C15H26N2O2/c1-12(2)16-8-9-17(3)11-13-6-7-14(18-4)10-15(13)19-5/h6-7,10,12,16H,8-9,11H2,1-5H3. The highest BCUT2D eigenvalue weighted by Crippen LogP contribution is 2.25. The van der Waals surface area contributed by atoms with Crippen molar-refractivity contribution in [3.8, 4) is 11.5 Å². The van der Waals surface area contributed by atoms with Crippen molar-refractivity contribution >= 4 is 0 Å². The second kappa shape index (κ2) is 8.02. The van der Waals surface area contributed by atoms with Gasteiger partial charge in [0.1, 0.15) is 11.5 Å². The molecule has 0 unspecified atom stereocenters. The van der Waals surface area contributed by atoms with E-state index in [1.165, 1.54) is 5.56 Å². The molecule has 1 rings (SSSR count). The molecule has 0 aliphatic carbocycles. The first-order chi connectivity index (χ1) is 9.06. The maximum Gasteiger partial charge on any atom is 0.127 e. The molecule has 4 heteroatoms. The highest BCUT2D eigenvalue weighted by atomic mass is 16.5. The van der Waals surface area contributed by atoms with Gasteiger partial charge in [0.25, 0.3) is 0 Å². The molecule has 1 aromatic rings. The molecule has 0 amide bonds. The molecule has 0 bridgehead atoms. The maximum atomic E-state index is 5.41. The fourth-order valence-corrected chi connectivity index (χ4v) is 1.90. The van der Waals surface area contributed by atoms with Gasteiger partial charge in [-0.1, -0.05) is 19.9 Å². The van der Waals surface area contributed by atoms with Gasteiger partial charge in [0.05, 0.1) is 14.2 Å². The minimum atomic E-state index is 0.531. The lowest BCUT2D eigenvalue weighted by molar-refractivity contribution is 0.311. The number of hydrogen-bond donors (Lipinski definition) is 1. The molecule has 0 saturated heterocycles. The summed E-state index contributed by atoms with van der Waals surface area (Å²) in [6.45, 7) is 7.19. The van der Waals surface area contributed by atoms with Gasteiger partial charge in [-0.15, -0.1) is 0 Å². The third-order valence-electron chi connectivity index (χ3n) is 2.98. The lowest BCUT2D eigenvalue weighted by Gasteiger charge is -2.19. The van der Waals surface area contributed by atoms with Crippen LogP contribution in [0.2, 0.25) is 0 Å². The molecule has 0 aliphatic heterocycles. The maximum absolute atomic E-state index is 5.41. The lowest BCUT2D eigenvalue weighted by atomic mass is 10.2. The van der Waals surface area contributed by atoms with E-state index >= 15 is 0 Å². The Kier molecular flexibility index (Phi) is 6.67. The molecule has 0 heterocycles. The first-order valence-corrected chi connectivity index (χ1v) is 6.69. The smallest absolute Gasteiger partial charge is 0.127 e. The van der Waals surface area contributed by atoms with Crippen molar-refractivity contribution in [2.75, 3.05) is 34.4 Å². The number of likely N-dealkylation sites (N-methyl/N-ethyl adjacent to an activating group) is 1. The Hall–Kier alpha value is -1.26. The molecule has 0 fully saturated rings. The Morgan fingerprint density at radius 1 is 1.21 bits per heavy atom. The minimum Gasteiger partial charge on any atom is -0.497 e. The average molecular weight is 266 g/mol. The van der Waals surface area contributed by atoms with Crippen LogP contribution in [0, 0.1) is 0 Å². The Labute approximate surface area is 116 Å². The third kappa shape index (κ3) is 5.49. The molecular formula is C15H26N2O2. The van der Waals surface area contributed by atoms with Crippen LogP contribution in [-0.2, 0) is 6.54 Å². The van der Waals surface area contributed by atoms with Crippen LogP contribution in [0.5, 0.6) is 11.5 Å². The zero-order valence-electron chi connectivity index (χ0n) is 12.7. The molecular weight excluding hydrogens is 240 g/mol. The van der Waals surface area contributed by atoms with Gasteiger partial charge in [0.2, 0.25) is 0 Å². The van der Waals surface area contributed by atoms with Crippen LogP contribution in [0.3, 0.4) is 0 Å². The third-order valence-corrected chi connectivity index (χ3v) is 2.98. The molecule has 1 N–H and O–H groups in total. The summed E-state index contributed by atoms with van der Waals surface area (Å²) in [5.41, 5.74) is 1.18. The van der Waals surface area contributed by atoms with E-state index in [1.807, 2.05) is 12.1 Å². The van der Waals surface area contributed by atoms with Crippen LogP contribution in [0.15, 0.2) is 18.2 Å². The summed E-state index contributed by atoms with van der Waals surface area (Å²) in [5.74, 6) is 1.70. The minimum absolute atomic E-state index is 0.531. The zero-order valence-corrected chi connectivity index (χ0v) is 12.7. The Morgan fingerprint density at radius 3 is 2.53 bits per heavy atom. The fourth-order valence-electron chi connectivity index (χ4n) is 1.90. The van der Waals surface area contributed by atoms with Crippen molar-refractivity contribution in [1.82, 2.24) is 10.2 Å². The Bertz CT molecular complexity index is 380. The van der Waals surface area contributed by atoms with E-state index < -0.39 is 0 Å². The van der Waals surface area contributed by atoms with Gasteiger partial charge in [-0.3, -0.25) is 0 Å². The van der Waals surface area contributed by atoms with Crippen LogP contribution < -0.4 is 14.8 Å². The molecule has 19 heavy (non-hydrogen) atoms. The topological polar surface area (TPSA) is 33.7 Å². The summed E-state index contributed by atoms with van der Waals surface area (Å²) in [5, 5.41) is 3.42. The van der Waals surface area contributed by atoms with E-state index in [-0.39, 0.29) is 0 Å². The Balaban J connectivity index is 2.55. The normalized spacial score (nSPS) is 11.1. The van der Waals surface area contributed by atoms with Gasteiger partial charge in [-0.25, -0.2) is 0 Å². The van der Waals surface area contributed by atoms with Crippen molar-refractivity contribution < 1.29 is 9.47 Å². The van der Waals surface area contributed by atoms with Crippen molar-refractivity contribution in [2.24, 2.45) is 0 Å². The van der Waals surface area contributed by atoms with Crippen LogP contribution in [0.1, 0.15) is 19.4 Å². The van der Waals surface area contributed by atoms with Crippen molar-refractivity contribution in [1.29, 1.82) is 0 Å². The average Bonchev–Trinajstić information content (AvgIpc) is 2.38. The molecule has 0 spiro atoms. The Morgan fingerprint density at radius 2 is 1.95 bits per heavy atom. The molecule has 1 aromatic carbocycles. The summed E-state index contributed by atoms with van der Waals surface area (Å²) >= 11 is 0. The van der Waals surface area contributed by atoms with Crippen molar-refractivity contribution in [2.45, 2.75) is 26.4 Å². The number of ether oxygens (including phenoxy) is 2. The molecule has 4 nitrogen and oxygen atoms in total. The van der Waals surface area contributed by atoms with Crippen LogP contribution in [-0.4, -0.2) is 45.3 Å². The number of benzene rings is 1. The number of methoxy groups -OCH3 is 2. The number of nitrogens with one attached hydrogen (secondary N) is 1. The summed E-state index contributed by atoms with van der Waals surface area (Å²) in [6, 6.07) is 6.49. The van der Waals surface area contributed by atoms with Gasteiger partial charge >= 0.3 is 0 Å². The van der Waals surface area contributed by atoms with Gasteiger partial charge < -0.3 is 19.7 Å². The van der Waals surface area contributed by atoms with E-state index in [9.17, 15) is 0 Å².